The third-order valence-corrected chi connectivity index (χ3v) is 2.17. The zero-order chi connectivity index (χ0) is 10.1. The lowest BCUT2D eigenvalue weighted by Crippen LogP contribution is -1.84. The highest BCUT2D eigenvalue weighted by atomic mass is 16.3. The van der Waals surface area contributed by atoms with Crippen LogP contribution in [0.3, 0.4) is 0 Å². The smallest absolute Gasteiger partial charge is 0.124 e. The fraction of sp³-hybridized carbons (Fsp3) is 0. The fourth-order valence-electron chi connectivity index (χ4n) is 1.48. The Kier molecular flexibility index (Phi) is 1.85. The molecule has 0 fully saturated rings. The third-order valence-electron chi connectivity index (χ3n) is 2.17. The largest absolute Gasteiger partial charge is 0.508 e. The zero-order valence-corrected chi connectivity index (χ0v) is 7.36. The third kappa shape index (κ3) is 1.19. The Morgan fingerprint density at radius 3 is 2.57 bits per heavy atom. The summed E-state index contributed by atoms with van der Waals surface area (Å²) in [5.41, 5.74) is 0.475. The van der Waals surface area contributed by atoms with Crippen molar-refractivity contribution in [3.63, 3.8) is 0 Å². The van der Waals surface area contributed by atoms with Crippen LogP contribution in [-0.4, -0.2) is 16.4 Å². The zero-order valence-electron chi connectivity index (χ0n) is 7.36. The van der Waals surface area contributed by atoms with Gasteiger partial charge in [0.05, 0.1) is 0 Å². The summed E-state index contributed by atoms with van der Waals surface area (Å²) in [7, 11) is 0. The molecule has 0 unspecified atom stereocenters. The lowest BCUT2D eigenvalue weighted by Gasteiger charge is -2.04. The Balaban J connectivity index is 2.88. The lowest BCUT2D eigenvalue weighted by molar-refractivity contribution is 0.473. The molecule has 0 amide bonds. The van der Waals surface area contributed by atoms with Crippen molar-refractivity contribution < 1.29 is 10.2 Å². The first-order chi connectivity index (χ1) is 6.72. The van der Waals surface area contributed by atoms with Crippen LogP contribution in [0.15, 0.2) is 30.3 Å². The molecule has 0 aliphatic heterocycles. The number of hydrogen-bond donors (Lipinski definition) is 3. The summed E-state index contributed by atoms with van der Waals surface area (Å²) < 4.78 is 0. The Morgan fingerprint density at radius 1 is 1.07 bits per heavy atom. The van der Waals surface area contributed by atoms with Gasteiger partial charge < -0.3 is 15.6 Å². The van der Waals surface area contributed by atoms with Crippen LogP contribution in [0, 0.1) is 5.41 Å². The van der Waals surface area contributed by atoms with E-state index in [0.29, 0.717) is 5.56 Å². The lowest BCUT2D eigenvalue weighted by atomic mass is 10.0. The SMILES string of the molecule is N=Cc1c(O)ccc2cc(O)ccc12. The summed E-state index contributed by atoms with van der Waals surface area (Å²) in [6, 6.07) is 8.04. The number of rotatable bonds is 1. The average Bonchev–Trinajstić information content (AvgIpc) is 2.18. The second kappa shape index (κ2) is 3.03. The summed E-state index contributed by atoms with van der Waals surface area (Å²) in [5, 5.41) is 27.4. The maximum atomic E-state index is 9.46. The predicted octanol–water partition coefficient (Wildman–Crippen LogP) is 2.25. The molecule has 0 saturated carbocycles. The molecule has 0 aromatic heterocycles. The monoisotopic (exact) mass is 187 g/mol. The Hall–Kier alpha value is -2.03. The van der Waals surface area contributed by atoms with E-state index in [4.69, 9.17) is 5.41 Å². The molecule has 0 bridgehead atoms. The topological polar surface area (TPSA) is 64.3 Å². The molecule has 0 atom stereocenters. The number of aromatic hydroxyl groups is 2. The Morgan fingerprint density at radius 2 is 1.86 bits per heavy atom. The van der Waals surface area contributed by atoms with Crippen LogP contribution >= 0.6 is 0 Å². The van der Waals surface area contributed by atoms with Crippen LogP contribution in [0.1, 0.15) is 5.56 Å². The van der Waals surface area contributed by atoms with Crippen molar-refractivity contribution >= 4 is 17.0 Å². The minimum Gasteiger partial charge on any atom is -0.508 e. The number of hydrogen-bond acceptors (Lipinski definition) is 3. The van der Waals surface area contributed by atoms with Crippen LogP contribution in [-0.2, 0) is 0 Å². The van der Waals surface area contributed by atoms with Crippen LogP contribution in [0.5, 0.6) is 11.5 Å². The quantitative estimate of drug-likeness (QED) is 0.599. The van der Waals surface area contributed by atoms with Crippen molar-refractivity contribution in [1.29, 1.82) is 5.41 Å². The molecule has 3 N–H and O–H groups in total. The van der Waals surface area contributed by atoms with Gasteiger partial charge in [-0.15, -0.1) is 0 Å². The van der Waals surface area contributed by atoms with Gasteiger partial charge in [0, 0.05) is 11.8 Å². The number of benzene rings is 2. The van der Waals surface area contributed by atoms with Crippen molar-refractivity contribution in [3.8, 4) is 11.5 Å². The van der Waals surface area contributed by atoms with Crippen LogP contribution in [0.4, 0.5) is 0 Å². The maximum Gasteiger partial charge on any atom is 0.124 e. The Labute approximate surface area is 80.8 Å². The van der Waals surface area contributed by atoms with Crippen LogP contribution in [0.25, 0.3) is 10.8 Å². The van der Waals surface area contributed by atoms with E-state index >= 15 is 0 Å². The van der Waals surface area contributed by atoms with Gasteiger partial charge in [-0.1, -0.05) is 6.07 Å². The first-order valence-corrected chi connectivity index (χ1v) is 4.17. The average molecular weight is 187 g/mol. The van der Waals surface area contributed by atoms with Crippen molar-refractivity contribution in [1.82, 2.24) is 0 Å². The maximum absolute atomic E-state index is 9.46. The molecule has 3 nitrogen and oxygen atoms in total. The van der Waals surface area contributed by atoms with Crippen molar-refractivity contribution in [2.75, 3.05) is 0 Å². The molecule has 0 radical (unpaired) electrons. The van der Waals surface area contributed by atoms with Gasteiger partial charge in [0.25, 0.3) is 0 Å². The number of phenolic OH excluding ortho intramolecular Hbond substituents is 2. The van der Waals surface area contributed by atoms with Crippen LogP contribution < -0.4 is 0 Å². The van der Waals surface area contributed by atoms with Crippen molar-refractivity contribution in [2.24, 2.45) is 0 Å². The van der Waals surface area contributed by atoms with E-state index < -0.39 is 0 Å². The summed E-state index contributed by atoms with van der Waals surface area (Å²) >= 11 is 0. The van der Waals surface area contributed by atoms with Gasteiger partial charge in [0.1, 0.15) is 11.5 Å². The van der Waals surface area contributed by atoms with E-state index in [1.807, 2.05) is 0 Å². The molecular formula is C11H9NO2. The van der Waals surface area contributed by atoms with E-state index in [2.05, 4.69) is 0 Å². The molecule has 0 aliphatic carbocycles. The standard InChI is InChI=1S/C11H9NO2/c12-6-10-9-3-2-8(13)5-7(9)1-4-11(10)14/h1-6,12-14H. The summed E-state index contributed by atoms with van der Waals surface area (Å²) in [6.45, 7) is 0. The first kappa shape index (κ1) is 8.56. The molecule has 2 aromatic rings. The van der Waals surface area contributed by atoms with Crippen molar-refractivity contribution in [3.05, 3.63) is 35.9 Å². The minimum absolute atomic E-state index is 0.0817. The molecule has 14 heavy (non-hydrogen) atoms. The number of nitrogens with one attached hydrogen (secondary N) is 1. The van der Waals surface area contributed by atoms with E-state index in [9.17, 15) is 10.2 Å². The number of fused-ring (bicyclic) bond motifs is 1. The Bertz CT molecular complexity index is 506. The minimum atomic E-state index is 0.0817. The molecule has 2 aromatic carbocycles. The molecule has 70 valence electrons. The van der Waals surface area contributed by atoms with Gasteiger partial charge in [-0.25, -0.2) is 0 Å². The summed E-state index contributed by atoms with van der Waals surface area (Å²) in [5.74, 6) is 0.261. The molecule has 0 heterocycles. The van der Waals surface area contributed by atoms with E-state index in [1.54, 1.807) is 18.2 Å². The second-order valence-corrected chi connectivity index (χ2v) is 3.05. The molecule has 3 heteroatoms. The van der Waals surface area contributed by atoms with Gasteiger partial charge in [0.15, 0.2) is 0 Å². The molecule has 0 spiro atoms. The van der Waals surface area contributed by atoms with Crippen molar-refractivity contribution in [2.45, 2.75) is 0 Å². The van der Waals surface area contributed by atoms with E-state index in [-0.39, 0.29) is 11.5 Å². The first-order valence-electron chi connectivity index (χ1n) is 4.17. The van der Waals surface area contributed by atoms with Gasteiger partial charge in [-0.3, -0.25) is 0 Å². The van der Waals surface area contributed by atoms with Gasteiger partial charge in [0.2, 0.25) is 0 Å². The van der Waals surface area contributed by atoms with Gasteiger partial charge in [-0.2, -0.15) is 0 Å². The van der Waals surface area contributed by atoms with E-state index in [0.717, 1.165) is 17.0 Å². The molecule has 2 rings (SSSR count). The predicted molar refractivity (Wildman–Crippen MR) is 55.2 cm³/mol. The highest BCUT2D eigenvalue weighted by Crippen LogP contribution is 2.27. The van der Waals surface area contributed by atoms with E-state index in [1.165, 1.54) is 12.1 Å². The molecular weight excluding hydrogens is 178 g/mol. The summed E-state index contributed by atoms with van der Waals surface area (Å²) in [6.07, 6.45) is 1.11. The second-order valence-electron chi connectivity index (χ2n) is 3.05. The fourth-order valence-corrected chi connectivity index (χ4v) is 1.48. The molecule has 0 saturated heterocycles. The van der Waals surface area contributed by atoms with Gasteiger partial charge >= 0.3 is 0 Å². The number of phenols is 2. The highest BCUT2D eigenvalue weighted by Gasteiger charge is 2.04. The van der Waals surface area contributed by atoms with Gasteiger partial charge in [-0.05, 0) is 35.0 Å². The van der Waals surface area contributed by atoms with Crippen LogP contribution in [0.2, 0.25) is 0 Å². The normalized spacial score (nSPS) is 10.3. The molecule has 0 aliphatic rings. The highest BCUT2D eigenvalue weighted by molar-refractivity contribution is 6.01. The summed E-state index contributed by atoms with van der Waals surface area (Å²) in [4.78, 5) is 0.